The van der Waals surface area contributed by atoms with E-state index in [9.17, 15) is 0 Å². The lowest BCUT2D eigenvalue weighted by atomic mass is 10.0. The molecule has 0 saturated carbocycles. The molecule has 64 valence electrons. The van der Waals surface area contributed by atoms with Crippen LogP contribution in [0.3, 0.4) is 0 Å². The van der Waals surface area contributed by atoms with Crippen LogP contribution in [0, 0.1) is 0 Å². The van der Waals surface area contributed by atoms with Gasteiger partial charge in [0.25, 0.3) is 0 Å². The van der Waals surface area contributed by atoms with E-state index in [1.54, 1.807) is 0 Å². The standard InChI is InChI=1S/C9H12N2O/c10-7-4-5-12-9-6(7)2-1-3-8(9)11/h1-3,7H,4-5,10-11H2/t7-/m1/s1. The lowest BCUT2D eigenvalue weighted by Crippen LogP contribution is -2.21. The van der Waals surface area contributed by atoms with E-state index < -0.39 is 0 Å². The van der Waals surface area contributed by atoms with Gasteiger partial charge in [-0.3, -0.25) is 0 Å². The number of hydrogen-bond donors (Lipinski definition) is 2. The van der Waals surface area contributed by atoms with Gasteiger partial charge in [0, 0.05) is 18.0 Å². The molecule has 4 N–H and O–H groups in total. The second-order valence-electron chi connectivity index (χ2n) is 3.01. The zero-order valence-electron chi connectivity index (χ0n) is 6.79. The van der Waals surface area contributed by atoms with Gasteiger partial charge in [0.15, 0.2) is 0 Å². The van der Waals surface area contributed by atoms with Crippen molar-refractivity contribution in [2.45, 2.75) is 12.5 Å². The van der Waals surface area contributed by atoms with E-state index in [1.165, 1.54) is 0 Å². The average Bonchev–Trinajstić information content (AvgIpc) is 2.07. The molecule has 0 aromatic heterocycles. The lowest BCUT2D eigenvalue weighted by molar-refractivity contribution is 0.270. The van der Waals surface area contributed by atoms with Crippen molar-refractivity contribution in [3.05, 3.63) is 23.8 Å². The van der Waals surface area contributed by atoms with Crippen molar-refractivity contribution < 1.29 is 4.74 Å². The Morgan fingerprint density at radius 2 is 2.25 bits per heavy atom. The van der Waals surface area contributed by atoms with Crippen molar-refractivity contribution in [2.24, 2.45) is 5.73 Å². The number of fused-ring (bicyclic) bond motifs is 1. The summed E-state index contributed by atoms with van der Waals surface area (Å²) in [5.41, 5.74) is 13.3. The minimum Gasteiger partial charge on any atom is -0.491 e. The molecule has 0 aliphatic carbocycles. The monoisotopic (exact) mass is 164 g/mol. The fourth-order valence-electron chi connectivity index (χ4n) is 1.48. The van der Waals surface area contributed by atoms with E-state index in [2.05, 4.69) is 0 Å². The number of nitrogens with two attached hydrogens (primary N) is 2. The van der Waals surface area contributed by atoms with Crippen LogP contribution >= 0.6 is 0 Å². The zero-order chi connectivity index (χ0) is 8.55. The van der Waals surface area contributed by atoms with Gasteiger partial charge in [-0.15, -0.1) is 0 Å². The van der Waals surface area contributed by atoms with E-state index in [4.69, 9.17) is 16.2 Å². The Kier molecular flexibility index (Phi) is 1.66. The summed E-state index contributed by atoms with van der Waals surface area (Å²) in [6.07, 6.45) is 0.871. The van der Waals surface area contributed by atoms with Gasteiger partial charge in [0.1, 0.15) is 5.75 Å². The molecule has 1 atom stereocenters. The second-order valence-corrected chi connectivity index (χ2v) is 3.01. The minimum absolute atomic E-state index is 0.0808. The lowest BCUT2D eigenvalue weighted by Gasteiger charge is -2.23. The van der Waals surface area contributed by atoms with Gasteiger partial charge in [-0.2, -0.15) is 0 Å². The van der Waals surface area contributed by atoms with Gasteiger partial charge < -0.3 is 16.2 Å². The second kappa shape index (κ2) is 2.68. The van der Waals surface area contributed by atoms with Crippen molar-refractivity contribution in [2.75, 3.05) is 12.3 Å². The summed E-state index contributed by atoms with van der Waals surface area (Å²) in [6.45, 7) is 0.669. The van der Waals surface area contributed by atoms with Gasteiger partial charge in [0.2, 0.25) is 0 Å². The van der Waals surface area contributed by atoms with Crippen LogP contribution in [0.2, 0.25) is 0 Å². The number of rotatable bonds is 0. The normalized spacial score (nSPS) is 21.2. The molecule has 1 aromatic carbocycles. The van der Waals surface area contributed by atoms with E-state index in [0.717, 1.165) is 17.7 Å². The van der Waals surface area contributed by atoms with Gasteiger partial charge in [-0.05, 0) is 6.07 Å². The van der Waals surface area contributed by atoms with Crippen molar-refractivity contribution in [1.82, 2.24) is 0 Å². The summed E-state index contributed by atoms with van der Waals surface area (Å²) in [5, 5.41) is 0. The number of hydrogen-bond acceptors (Lipinski definition) is 3. The van der Waals surface area contributed by atoms with Crippen LogP contribution in [-0.2, 0) is 0 Å². The molecule has 0 spiro atoms. The first kappa shape index (κ1) is 7.43. The Labute approximate surface area is 71.3 Å². The highest BCUT2D eigenvalue weighted by Gasteiger charge is 2.18. The first-order valence-electron chi connectivity index (χ1n) is 4.06. The average molecular weight is 164 g/mol. The number of ether oxygens (including phenoxy) is 1. The molecule has 1 aromatic rings. The quantitative estimate of drug-likeness (QED) is 0.563. The van der Waals surface area contributed by atoms with Crippen LogP contribution in [0.15, 0.2) is 18.2 Å². The first-order valence-corrected chi connectivity index (χ1v) is 4.06. The molecular weight excluding hydrogens is 152 g/mol. The fraction of sp³-hybridized carbons (Fsp3) is 0.333. The molecule has 0 saturated heterocycles. The largest absolute Gasteiger partial charge is 0.491 e. The highest BCUT2D eigenvalue weighted by molar-refractivity contribution is 5.58. The predicted octanol–water partition coefficient (Wildman–Crippen LogP) is 1.05. The molecule has 3 heteroatoms. The van der Waals surface area contributed by atoms with Gasteiger partial charge >= 0.3 is 0 Å². The smallest absolute Gasteiger partial charge is 0.146 e. The Balaban J connectivity index is 2.52. The van der Waals surface area contributed by atoms with Crippen LogP contribution in [0.4, 0.5) is 5.69 Å². The Morgan fingerprint density at radius 3 is 3.00 bits per heavy atom. The summed E-state index contributed by atoms with van der Waals surface area (Å²) < 4.78 is 5.42. The van der Waals surface area contributed by atoms with Gasteiger partial charge in [-0.25, -0.2) is 0 Å². The Hall–Kier alpha value is -1.22. The molecule has 0 bridgehead atoms. The number of nitrogen functional groups attached to an aromatic ring is 1. The van der Waals surface area contributed by atoms with Gasteiger partial charge in [0.05, 0.1) is 12.3 Å². The number of benzene rings is 1. The van der Waals surface area contributed by atoms with Crippen molar-refractivity contribution in [1.29, 1.82) is 0 Å². The maximum atomic E-state index is 5.88. The number of anilines is 1. The third-order valence-corrected chi connectivity index (χ3v) is 2.15. The highest BCUT2D eigenvalue weighted by atomic mass is 16.5. The molecule has 1 heterocycles. The van der Waals surface area contributed by atoms with Crippen LogP contribution in [0.1, 0.15) is 18.0 Å². The summed E-state index contributed by atoms with van der Waals surface area (Å²) in [6, 6.07) is 5.78. The molecule has 0 unspecified atom stereocenters. The van der Waals surface area contributed by atoms with Crippen LogP contribution in [-0.4, -0.2) is 6.61 Å². The molecule has 3 nitrogen and oxygen atoms in total. The first-order chi connectivity index (χ1) is 5.79. The van der Waals surface area contributed by atoms with Crippen LogP contribution < -0.4 is 16.2 Å². The Bertz CT molecular complexity index is 299. The van der Waals surface area contributed by atoms with Gasteiger partial charge in [-0.1, -0.05) is 12.1 Å². The molecule has 12 heavy (non-hydrogen) atoms. The van der Waals surface area contributed by atoms with E-state index in [-0.39, 0.29) is 6.04 Å². The molecule has 0 radical (unpaired) electrons. The summed E-state index contributed by atoms with van der Waals surface area (Å²) >= 11 is 0. The maximum Gasteiger partial charge on any atom is 0.146 e. The topological polar surface area (TPSA) is 61.3 Å². The molecule has 0 fully saturated rings. The van der Waals surface area contributed by atoms with E-state index >= 15 is 0 Å². The molecule has 1 aliphatic heterocycles. The maximum absolute atomic E-state index is 5.88. The fourth-order valence-corrected chi connectivity index (χ4v) is 1.48. The molecule has 0 amide bonds. The summed E-state index contributed by atoms with van der Waals surface area (Å²) in [7, 11) is 0. The predicted molar refractivity (Wildman–Crippen MR) is 47.9 cm³/mol. The highest BCUT2D eigenvalue weighted by Crippen LogP contribution is 2.34. The van der Waals surface area contributed by atoms with Crippen molar-refractivity contribution >= 4 is 5.69 Å². The third kappa shape index (κ3) is 1.02. The molecule has 2 rings (SSSR count). The van der Waals surface area contributed by atoms with Crippen molar-refractivity contribution in [3.63, 3.8) is 0 Å². The Morgan fingerprint density at radius 1 is 1.42 bits per heavy atom. The van der Waals surface area contributed by atoms with Crippen LogP contribution in [0.25, 0.3) is 0 Å². The van der Waals surface area contributed by atoms with Crippen LogP contribution in [0.5, 0.6) is 5.75 Å². The molecule has 1 aliphatic rings. The van der Waals surface area contributed by atoms with E-state index in [1.807, 2.05) is 18.2 Å². The SMILES string of the molecule is Nc1cccc2c1OCC[C@H]2N. The van der Waals surface area contributed by atoms with E-state index in [0.29, 0.717) is 12.3 Å². The molecular formula is C9H12N2O. The summed E-state index contributed by atoms with van der Waals surface area (Å²) in [4.78, 5) is 0. The van der Waals surface area contributed by atoms with Crippen molar-refractivity contribution in [3.8, 4) is 5.75 Å². The zero-order valence-corrected chi connectivity index (χ0v) is 6.79. The third-order valence-electron chi connectivity index (χ3n) is 2.15. The number of para-hydroxylation sites is 1. The minimum atomic E-state index is 0.0808. The summed E-state index contributed by atoms with van der Waals surface area (Å²) in [5.74, 6) is 0.774.